The van der Waals surface area contributed by atoms with E-state index in [0.29, 0.717) is 13.1 Å². The quantitative estimate of drug-likeness (QED) is 0.717. The van der Waals surface area contributed by atoms with E-state index in [4.69, 9.17) is 5.73 Å². The normalized spacial score (nSPS) is 12.3. The summed E-state index contributed by atoms with van der Waals surface area (Å²) in [4.78, 5) is 0.208. The molecule has 7 heteroatoms. The van der Waals surface area contributed by atoms with E-state index in [1.807, 2.05) is 13.8 Å². The van der Waals surface area contributed by atoms with E-state index in [0.717, 1.165) is 6.42 Å². The average molecular weight is 286 g/mol. The fourth-order valence-electron chi connectivity index (χ4n) is 1.70. The maximum Gasteiger partial charge on any atom is 0.246 e. The van der Waals surface area contributed by atoms with Gasteiger partial charge in [0.25, 0.3) is 0 Å². The summed E-state index contributed by atoms with van der Waals surface area (Å²) in [6.07, 6.45) is 5.27. The van der Waals surface area contributed by atoms with Crippen molar-refractivity contribution in [2.75, 3.05) is 13.1 Å². The molecule has 0 atom stereocenters. The predicted octanol–water partition coefficient (Wildman–Crippen LogP) is 0.817. The molecule has 0 bridgehead atoms. The Kier molecular flexibility index (Phi) is 5.71. The Balaban J connectivity index is 2.98. The van der Waals surface area contributed by atoms with Gasteiger partial charge in [-0.3, -0.25) is 4.68 Å². The van der Waals surface area contributed by atoms with Crippen LogP contribution in [-0.4, -0.2) is 41.6 Å². The minimum atomic E-state index is -3.52. The number of hydrogen-bond donors (Lipinski definition) is 1. The van der Waals surface area contributed by atoms with Crippen LogP contribution in [0.5, 0.6) is 0 Å². The summed E-state index contributed by atoms with van der Waals surface area (Å²) in [5, 5.41) is 4.05. The molecule has 1 aromatic rings. The van der Waals surface area contributed by atoms with Gasteiger partial charge in [0.2, 0.25) is 10.0 Å². The SMILES string of the molecule is C=CCN(C(C)C)S(=O)(=O)c1cnn(CCCN)c1. The number of nitrogens with zero attached hydrogens (tertiary/aromatic N) is 3. The molecular formula is C12H22N4O2S. The molecule has 0 unspecified atom stereocenters. The van der Waals surface area contributed by atoms with Crippen LogP contribution in [0, 0.1) is 0 Å². The molecule has 6 nitrogen and oxygen atoms in total. The van der Waals surface area contributed by atoms with Crippen molar-refractivity contribution in [3.63, 3.8) is 0 Å². The second-order valence-electron chi connectivity index (χ2n) is 4.54. The number of sulfonamides is 1. The zero-order valence-electron chi connectivity index (χ0n) is 11.5. The minimum absolute atomic E-state index is 0.129. The molecule has 0 saturated carbocycles. The largest absolute Gasteiger partial charge is 0.330 e. The average Bonchev–Trinajstić information content (AvgIpc) is 2.82. The molecule has 0 spiro atoms. The second-order valence-corrected chi connectivity index (χ2v) is 6.43. The molecule has 0 saturated heterocycles. The summed E-state index contributed by atoms with van der Waals surface area (Å²) in [6, 6.07) is -0.129. The van der Waals surface area contributed by atoms with Crippen molar-refractivity contribution in [1.29, 1.82) is 0 Å². The van der Waals surface area contributed by atoms with Gasteiger partial charge in [0, 0.05) is 25.3 Å². The lowest BCUT2D eigenvalue weighted by molar-refractivity contribution is 0.383. The monoisotopic (exact) mass is 286 g/mol. The number of rotatable bonds is 8. The topological polar surface area (TPSA) is 81.2 Å². The maximum absolute atomic E-state index is 12.5. The van der Waals surface area contributed by atoms with Gasteiger partial charge >= 0.3 is 0 Å². The van der Waals surface area contributed by atoms with Crippen molar-refractivity contribution in [3.05, 3.63) is 25.0 Å². The van der Waals surface area contributed by atoms with Gasteiger partial charge in [0.05, 0.1) is 6.20 Å². The van der Waals surface area contributed by atoms with Crippen molar-refractivity contribution >= 4 is 10.0 Å². The van der Waals surface area contributed by atoms with Gasteiger partial charge in [0.1, 0.15) is 4.90 Å². The summed E-state index contributed by atoms with van der Waals surface area (Å²) in [5.74, 6) is 0. The van der Waals surface area contributed by atoms with Crippen LogP contribution in [-0.2, 0) is 16.6 Å². The molecule has 0 aliphatic carbocycles. The number of aromatic nitrogens is 2. The van der Waals surface area contributed by atoms with Crippen LogP contribution in [0.4, 0.5) is 0 Å². The van der Waals surface area contributed by atoms with Gasteiger partial charge in [-0.15, -0.1) is 6.58 Å². The maximum atomic E-state index is 12.5. The van der Waals surface area contributed by atoms with Crippen LogP contribution in [0.15, 0.2) is 29.9 Å². The third-order valence-electron chi connectivity index (χ3n) is 2.69. The molecule has 0 aromatic carbocycles. The Morgan fingerprint density at radius 1 is 1.58 bits per heavy atom. The molecular weight excluding hydrogens is 264 g/mol. The highest BCUT2D eigenvalue weighted by atomic mass is 32.2. The Hall–Kier alpha value is -1.18. The minimum Gasteiger partial charge on any atom is -0.330 e. The van der Waals surface area contributed by atoms with Crippen molar-refractivity contribution in [2.24, 2.45) is 5.73 Å². The molecule has 1 rings (SSSR count). The first-order valence-corrected chi connectivity index (χ1v) is 7.72. The van der Waals surface area contributed by atoms with Gasteiger partial charge in [-0.2, -0.15) is 9.40 Å². The first kappa shape index (κ1) is 15.9. The summed E-state index contributed by atoms with van der Waals surface area (Å²) in [5.41, 5.74) is 5.42. The van der Waals surface area contributed by atoms with Gasteiger partial charge in [-0.25, -0.2) is 8.42 Å². The lowest BCUT2D eigenvalue weighted by Gasteiger charge is -2.23. The van der Waals surface area contributed by atoms with E-state index in [9.17, 15) is 8.42 Å². The second kappa shape index (κ2) is 6.83. The Bertz CT molecular complexity index is 508. The standard InChI is InChI=1S/C12H22N4O2S/c1-4-7-16(11(2)3)19(17,18)12-9-14-15(10-12)8-5-6-13/h4,9-11H,1,5-8,13H2,2-3H3. The van der Waals surface area contributed by atoms with E-state index < -0.39 is 10.0 Å². The Morgan fingerprint density at radius 2 is 2.26 bits per heavy atom. The van der Waals surface area contributed by atoms with Gasteiger partial charge in [-0.1, -0.05) is 6.08 Å². The lowest BCUT2D eigenvalue weighted by Crippen LogP contribution is -2.36. The fraction of sp³-hybridized carbons (Fsp3) is 0.583. The number of hydrogen-bond acceptors (Lipinski definition) is 4. The van der Waals surface area contributed by atoms with Gasteiger partial charge < -0.3 is 5.73 Å². The van der Waals surface area contributed by atoms with Crippen LogP contribution >= 0.6 is 0 Å². The number of aryl methyl sites for hydroxylation is 1. The fourth-order valence-corrected chi connectivity index (χ4v) is 3.27. The smallest absolute Gasteiger partial charge is 0.246 e. The predicted molar refractivity (Wildman–Crippen MR) is 75.1 cm³/mol. The lowest BCUT2D eigenvalue weighted by atomic mass is 10.4. The Morgan fingerprint density at radius 3 is 2.79 bits per heavy atom. The van der Waals surface area contributed by atoms with Crippen molar-refractivity contribution in [3.8, 4) is 0 Å². The third kappa shape index (κ3) is 3.89. The summed E-state index contributed by atoms with van der Waals surface area (Å²) >= 11 is 0. The van der Waals surface area contributed by atoms with Crippen LogP contribution in [0.1, 0.15) is 20.3 Å². The van der Waals surface area contributed by atoms with Crippen LogP contribution < -0.4 is 5.73 Å². The van der Waals surface area contributed by atoms with E-state index in [1.54, 1.807) is 17.0 Å². The summed E-state index contributed by atoms with van der Waals surface area (Å²) in [6.45, 7) is 8.72. The van der Waals surface area contributed by atoms with Crippen LogP contribution in [0.25, 0.3) is 0 Å². The van der Waals surface area contributed by atoms with Gasteiger partial charge in [0.15, 0.2) is 0 Å². The first-order chi connectivity index (χ1) is 8.93. The molecule has 0 aliphatic heterocycles. The van der Waals surface area contributed by atoms with E-state index in [1.165, 1.54) is 10.5 Å². The molecule has 0 amide bonds. The van der Waals surface area contributed by atoms with E-state index >= 15 is 0 Å². The highest BCUT2D eigenvalue weighted by Gasteiger charge is 2.27. The molecule has 1 heterocycles. The van der Waals surface area contributed by atoms with Crippen LogP contribution in [0.3, 0.4) is 0 Å². The van der Waals surface area contributed by atoms with E-state index in [-0.39, 0.29) is 17.5 Å². The van der Waals surface area contributed by atoms with E-state index in [2.05, 4.69) is 11.7 Å². The highest BCUT2D eigenvalue weighted by molar-refractivity contribution is 7.89. The molecule has 1 aromatic heterocycles. The van der Waals surface area contributed by atoms with Crippen molar-refractivity contribution in [1.82, 2.24) is 14.1 Å². The molecule has 2 N–H and O–H groups in total. The number of nitrogens with two attached hydrogens (primary N) is 1. The zero-order chi connectivity index (χ0) is 14.5. The molecule has 0 aliphatic rings. The molecule has 19 heavy (non-hydrogen) atoms. The summed E-state index contributed by atoms with van der Waals surface area (Å²) < 4.78 is 27.9. The molecule has 0 radical (unpaired) electrons. The van der Waals surface area contributed by atoms with Crippen molar-refractivity contribution in [2.45, 2.75) is 37.8 Å². The highest BCUT2D eigenvalue weighted by Crippen LogP contribution is 2.17. The first-order valence-electron chi connectivity index (χ1n) is 6.28. The van der Waals surface area contributed by atoms with Gasteiger partial charge in [-0.05, 0) is 26.8 Å². The molecule has 108 valence electrons. The van der Waals surface area contributed by atoms with Crippen LogP contribution in [0.2, 0.25) is 0 Å². The summed E-state index contributed by atoms with van der Waals surface area (Å²) in [7, 11) is -3.52. The van der Waals surface area contributed by atoms with Crippen molar-refractivity contribution < 1.29 is 8.42 Å². The molecule has 0 fully saturated rings. The zero-order valence-corrected chi connectivity index (χ0v) is 12.3. The Labute approximate surface area is 114 Å². The third-order valence-corrected chi connectivity index (χ3v) is 4.69.